The Morgan fingerprint density at radius 2 is 1.69 bits per heavy atom. The number of carbonyl (C=O) groups is 1. The van der Waals surface area contributed by atoms with Crippen LogP contribution in [0.2, 0.25) is 0 Å². The van der Waals surface area contributed by atoms with Crippen molar-refractivity contribution in [2.75, 3.05) is 19.8 Å². The molecular weight excluding hydrogens is 518 g/mol. The highest BCUT2D eigenvalue weighted by Crippen LogP contribution is 2.37. The Bertz CT molecular complexity index is 1240. The maximum Gasteiger partial charge on any atom is 0.339 e. The van der Waals surface area contributed by atoms with Crippen molar-refractivity contribution in [2.45, 2.75) is 58.4 Å². The number of aryl methyl sites for hydroxylation is 1. The summed E-state index contributed by atoms with van der Waals surface area (Å²) in [6, 6.07) is 16.2. The molecule has 8 heteroatoms. The van der Waals surface area contributed by atoms with Gasteiger partial charge in [0.2, 0.25) is 0 Å². The molecule has 7 nitrogen and oxygen atoms in total. The average molecular weight is 555 g/mol. The third-order valence-corrected chi connectivity index (χ3v) is 6.76. The lowest BCUT2D eigenvalue weighted by Gasteiger charge is -2.18. The summed E-state index contributed by atoms with van der Waals surface area (Å²) in [5.74, 6) is 1.57. The molecule has 0 aliphatic carbocycles. The first-order valence-electron chi connectivity index (χ1n) is 13.5. The molecule has 3 aromatic rings. The summed E-state index contributed by atoms with van der Waals surface area (Å²) in [4.78, 5) is 11.6. The van der Waals surface area contributed by atoms with Crippen LogP contribution in [0, 0.1) is 0 Å². The number of rotatable bonds is 13. The standard InChI is InChI=1S/C31H37NO6.ClH/c1-3-10-22-27(14-7-15-28(22)38-29-13-6-5-11-23(29)31(34)35)36-17-9-18-37-30-20-26(33)24(19-21(30)4-2)25-12-8-16-32-25;/h5-7,11,13-15,19-20,25,32-33H,3-4,8-10,12,16-18H2,1-2H3,(H,34,35);1H/p-1. The number of aromatic carboxylic acids is 1. The van der Waals surface area contributed by atoms with Crippen LogP contribution >= 0.6 is 0 Å². The van der Waals surface area contributed by atoms with Crippen LogP contribution in [-0.2, 0) is 12.8 Å². The van der Waals surface area contributed by atoms with Gasteiger partial charge in [-0.25, -0.2) is 4.79 Å². The van der Waals surface area contributed by atoms with Crippen molar-refractivity contribution in [3.8, 4) is 28.7 Å². The summed E-state index contributed by atoms with van der Waals surface area (Å²) >= 11 is 0. The van der Waals surface area contributed by atoms with E-state index in [2.05, 4.69) is 25.2 Å². The lowest BCUT2D eigenvalue weighted by atomic mass is 9.99. The molecular formula is C31H37ClNO6-. The SMILES string of the molecule is CCCc1c(OCCCOc2cc(O)c(C3CCCN3)cc2CC)cccc1Oc1ccccc1C(=O)O.[Cl-]. The number of ether oxygens (including phenoxy) is 3. The second-order valence-corrected chi connectivity index (χ2v) is 9.46. The fraction of sp³-hybridized carbons (Fsp3) is 0.387. The van der Waals surface area contributed by atoms with E-state index < -0.39 is 5.97 Å². The van der Waals surface area contributed by atoms with Crippen molar-refractivity contribution in [1.29, 1.82) is 0 Å². The molecule has 0 amide bonds. The normalized spacial score (nSPS) is 14.5. The van der Waals surface area contributed by atoms with Crippen LogP contribution in [0.3, 0.4) is 0 Å². The van der Waals surface area contributed by atoms with Crippen LogP contribution in [-0.4, -0.2) is 35.9 Å². The molecule has 39 heavy (non-hydrogen) atoms. The van der Waals surface area contributed by atoms with Gasteiger partial charge in [-0.1, -0.05) is 38.5 Å². The molecule has 1 saturated heterocycles. The first kappa shape index (κ1) is 30.1. The number of aromatic hydroxyl groups is 1. The summed E-state index contributed by atoms with van der Waals surface area (Å²) in [7, 11) is 0. The van der Waals surface area contributed by atoms with Crippen LogP contribution < -0.4 is 31.9 Å². The van der Waals surface area contributed by atoms with Crippen LogP contribution in [0.5, 0.6) is 28.7 Å². The van der Waals surface area contributed by atoms with Gasteiger partial charge in [0.25, 0.3) is 0 Å². The quantitative estimate of drug-likeness (QED) is 0.277. The van der Waals surface area contributed by atoms with Gasteiger partial charge >= 0.3 is 5.97 Å². The van der Waals surface area contributed by atoms with E-state index in [1.807, 2.05) is 18.2 Å². The molecule has 1 aliphatic rings. The van der Waals surface area contributed by atoms with Crippen molar-refractivity contribution in [1.82, 2.24) is 5.32 Å². The highest BCUT2D eigenvalue weighted by Gasteiger charge is 2.21. The molecule has 1 unspecified atom stereocenters. The van der Waals surface area contributed by atoms with Crippen molar-refractivity contribution >= 4 is 5.97 Å². The van der Waals surface area contributed by atoms with Crippen LogP contribution in [0.4, 0.5) is 0 Å². The Labute approximate surface area is 236 Å². The maximum atomic E-state index is 11.6. The zero-order valence-corrected chi connectivity index (χ0v) is 23.3. The minimum absolute atomic E-state index is 0. The molecule has 1 atom stereocenters. The molecule has 0 saturated carbocycles. The predicted octanol–water partition coefficient (Wildman–Crippen LogP) is 3.67. The molecule has 0 bridgehead atoms. The van der Waals surface area contributed by atoms with Crippen molar-refractivity contribution in [3.05, 3.63) is 76.9 Å². The van der Waals surface area contributed by atoms with Gasteiger partial charge in [-0.2, -0.15) is 0 Å². The first-order chi connectivity index (χ1) is 18.5. The zero-order valence-electron chi connectivity index (χ0n) is 22.5. The first-order valence-corrected chi connectivity index (χ1v) is 13.5. The number of carboxylic acids is 1. The third-order valence-electron chi connectivity index (χ3n) is 6.76. The van der Waals surface area contributed by atoms with E-state index in [0.717, 1.165) is 61.1 Å². The molecule has 210 valence electrons. The average Bonchev–Trinajstić information content (AvgIpc) is 3.45. The van der Waals surface area contributed by atoms with E-state index >= 15 is 0 Å². The lowest BCUT2D eigenvalue weighted by Crippen LogP contribution is -3.00. The van der Waals surface area contributed by atoms with E-state index in [1.54, 1.807) is 24.3 Å². The van der Waals surface area contributed by atoms with Gasteiger partial charge in [0.1, 0.15) is 34.3 Å². The highest BCUT2D eigenvalue weighted by molar-refractivity contribution is 5.91. The Morgan fingerprint density at radius 1 is 0.974 bits per heavy atom. The van der Waals surface area contributed by atoms with Gasteiger partial charge in [-0.15, -0.1) is 0 Å². The smallest absolute Gasteiger partial charge is 0.339 e. The van der Waals surface area contributed by atoms with Gasteiger partial charge in [0, 0.05) is 29.7 Å². The number of hydrogen-bond donors (Lipinski definition) is 3. The highest BCUT2D eigenvalue weighted by atomic mass is 35.5. The van der Waals surface area contributed by atoms with E-state index in [9.17, 15) is 15.0 Å². The fourth-order valence-corrected chi connectivity index (χ4v) is 4.82. The van der Waals surface area contributed by atoms with E-state index in [1.165, 1.54) is 6.07 Å². The largest absolute Gasteiger partial charge is 1.00 e. The summed E-state index contributed by atoms with van der Waals surface area (Å²) in [6.45, 7) is 6.05. The number of carboxylic acid groups (broad SMARTS) is 1. The Balaban J connectivity index is 0.00000420. The second-order valence-electron chi connectivity index (χ2n) is 9.46. The molecule has 1 heterocycles. The van der Waals surface area contributed by atoms with Gasteiger partial charge < -0.3 is 42.1 Å². The van der Waals surface area contributed by atoms with Crippen molar-refractivity contribution in [2.24, 2.45) is 0 Å². The minimum atomic E-state index is -1.03. The van der Waals surface area contributed by atoms with E-state index in [0.29, 0.717) is 36.9 Å². The number of hydrogen-bond acceptors (Lipinski definition) is 6. The molecule has 1 aliphatic heterocycles. The molecule has 3 aromatic carbocycles. The van der Waals surface area contributed by atoms with Gasteiger partial charge in [0.05, 0.1) is 13.2 Å². The van der Waals surface area contributed by atoms with Gasteiger partial charge in [-0.3, -0.25) is 0 Å². The molecule has 0 radical (unpaired) electrons. The molecule has 1 fully saturated rings. The Hall–Kier alpha value is -3.42. The minimum Gasteiger partial charge on any atom is -1.00 e. The summed E-state index contributed by atoms with van der Waals surface area (Å²) in [6.07, 6.45) is 5.26. The number of halogens is 1. The number of nitrogens with one attached hydrogen (secondary N) is 1. The molecule has 4 rings (SSSR count). The van der Waals surface area contributed by atoms with E-state index in [4.69, 9.17) is 14.2 Å². The van der Waals surface area contributed by atoms with E-state index in [-0.39, 0.29) is 29.8 Å². The predicted molar refractivity (Wildman–Crippen MR) is 147 cm³/mol. The number of phenolic OH excluding ortho intramolecular Hbond substituents is 1. The topological polar surface area (TPSA) is 97.3 Å². The molecule has 0 spiro atoms. The van der Waals surface area contributed by atoms with Gasteiger partial charge in [0.15, 0.2) is 0 Å². The Morgan fingerprint density at radius 3 is 2.38 bits per heavy atom. The Kier molecular flexibility index (Phi) is 11.3. The van der Waals surface area contributed by atoms with Crippen LogP contribution in [0.15, 0.2) is 54.6 Å². The van der Waals surface area contributed by atoms with Crippen LogP contribution in [0.1, 0.15) is 72.6 Å². The molecule has 0 aromatic heterocycles. The number of benzene rings is 3. The van der Waals surface area contributed by atoms with Crippen molar-refractivity contribution < 1.29 is 41.6 Å². The number of phenols is 1. The summed E-state index contributed by atoms with van der Waals surface area (Å²) in [5.41, 5.74) is 3.06. The summed E-state index contributed by atoms with van der Waals surface area (Å²) in [5, 5.41) is 23.5. The monoisotopic (exact) mass is 554 g/mol. The zero-order chi connectivity index (χ0) is 26.9. The van der Waals surface area contributed by atoms with Crippen LogP contribution in [0.25, 0.3) is 0 Å². The van der Waals surface area contributed by atoms with Crippen molar-refractivity contribution in [3.63, 3.8) is 0 Å². The second kappa shape index (κ2) is 14.7. The molecule has 3 N–H and O–H groups in total. The fourth-order valence-electron chi connectivity index (χ4n) is 4.82. The third kappa shape index (κ3) is 7.58. The lowest BCUT2D eigenvalue weighted by molar-refractivity contribution is -0.0000264. The summed E-state index contributed by atoms with van der Waals surface area (Å²) < 4.78 is 18.2. The van der Waals surface area contributed by atoms with Gasteiger partial charge in [-0.05, 0) is 68.1 Å². The number of para-hydroxylation sites is 1. The maximum absolute atomic E-state index is 11.6.